The van der Waals surface area contributed by atoms with Gasteiger partial charge < -0.3 is 0 Å². The van der Waals surface area contributed by atoms with Crippen molar-refractivity contribution in [3.05, 3.63) is 0 Å². The van der Waals surface area contributed by atoms with Gasteiger partial charge in [0.1, 0.15) is 0 Å². The summed E-state index contributed by atoms with van der Waals surface area (Å²) < 4.78 is -0.819. The van der Waals surface area contributed by atoms with Crippen molar-refractivity contribution in [2.45, 2.75) is 0 Å². The van der Waals surface area contributed by atoms with Gasteiger partial charge in [-0.3, -0.25) is 0 Å². The molecule has 0 aromatic heterocycles. The Morgan fingerprint density at radius 1 is 0.778 bits per heavy atom. The fraction of sp³-hybridized carbons (Fsp3) is 0. The van der Waals surface area contributed by atoms with E-state index in [2.05, 4.69) is 31.5 Å². The molecule has 0 heterocycles. The molecule has 0 spiro atoms. The van der Waals surface area contributed by atoms with Gasteiger partial charge in [-0.1, -0.05) is 0 Å². The zero-order valence-corrected chi connectivity index (χ0v) is 10.6. The maximum absolute atomic E-state index is 4.96. The van der Waals surface area contributed by atoms with Gasteiger partial charge in [0.15, 0.2) is 0 Å². The van der Waals surface area contributed by atoms with Crippen molar-refractivity contribution in [2.24, 2.45) is 0 Å². The van der Waals surface area contributed by atoms with Crippen LogP contribution in [-0.4, -0.2) is 27.6 Å². The molecule has 0 aromatic carbocycles. The second kappa shape index (κ2) is 13.4. The largest absolute Gasteiger partial charge is 0.422 e. The number of rotatable bonds is 0. The van der Waals surface area contributed by atoms with E-state index in [4.69, 9.17) is 45.8 Å². The zero-order valence-electron chi connectivity index (χ0n) is 4.42. The molecule has 0 rings (SSSR count). The molecule has 0 unspecified atom stereocenters. The second-order valence-corrected chi connectivity index (χ2v) is 6.63. The SMILES string of the molecule is ClB(Cl)Br.ClB(Cl)Br.[Li]. The zero-order chi connectivity index (χ0) is 7.15. The molecular weight excluding hydrogens is 330 g/mol. The van der Waals surface area contributed by atoms with E-state index >= 15 is 0 Å². The van der Waals surface area contributed by atoms with E-state index in [9.17, 15) is 0 Å². The minimum absolute atomic E-state index is 0. The van der Waals surface area contributed by atoms with E-state index in [1.54, 1.807) is 0 Å². The quantitative estimate of drug-likeness (QED) is 0.598. The van der Waals surface area contributed by atoms with Crippen LogP contribution in [0.3, 0.4) is 0 Å². The standard InChI is InChI=1S/2BBrCl2.Li/c2*2-1(3)4;. The molecule has 0 atom stereocenters. The third kappa shape index (κ3) is 105. The maximum Gasteiger partial charge on any atom is 0.422 e. The molecule has 0 N–H and O–H groups in total. The van der Waals surface area contributed by atoms with Crippen molar-refractivity contribution < 1.29 is 0 Å². The van der Waals surface area contributed by atoms with Gasteiger partial charge in [-0.2, -0.15) is 45.8 Å². The first-order valence-electron chi connectivity index (χ1n) is 1.31. The average molecular weight is 330 g/mol. The van der Waals surface area contributed by atoms with Crippen molar-refractivity contribution in [1.29, 1.82) is 0 Å². The van der Waals surface area contributed by atoms with Crippen LogP contribution in [0, 0.1) is 0 Å². The summed E-state index contributed by atoms with van der Waals surface area (Å²) in [4.78, 5) is 0. The smallest absolute Gasteiger partial charge is 0.155 e. The van der Waals surface area contributed by atoms with Crippen LogP contribution in [0.2, 0.25) is 0 Å². The molecule has 0 aliphatic carbocycles. The molecule has 0 fully saturated rings. The van der Waals surface area contributed by atoms with Crippen LogP contribution >= 0.6 is 77.4 Å². The van der Waals surface area contributed by atoms with Crippen molar-refractivity contribution in [2.75, 3.05) is 0 Å². The molecule has 0 amide bonds. The average Bonchev–Trinajstić information content (AvgIpc) is 1.25. The Bertz CT molecular complexity index is 32.0. The van der Waals surface area contributed by atoms with Crippen LogP contribution < -0.4 is 0 Å². The first-order chi connectivity index (χ1) is 3.46. The van der Waals surface area contributed by atoms with Crippen molar-refractivity contribution in [3.63, 3.8) is 0 Å². The summed E-state index contributed by atoms with van der Waals surface area (Å²) in [6.07, 6.45) is 0. The van der Waals surface area contributed by atoms with E-state index < -0.39 is 8.74 Å². The Morgan fingerprint density at radius 3 is 0.778 bits per heavy atom. The van der Waals surface area contributed by atoms with Crippen molar-refractivity contribution in [1.82, 2.24) is 0 Å². The predicted octanol–water partition coefficient (Wildman–Crippen LogP) is 3.31. The molecule has 0 aliphatic rings. The van der Waals surface area contributed by atoms with Crippen LogP contribution in [0.4, 0.5) is 0 Å². The summed E-state index contributed by atoms with van der Waals surface area (Å²) in [6.45, 7) is 0. The summed E-state index contributed by atoms with van der Waals surface area (Å²) in [7, 11) is 0. The topological polar surface area (TPSA) is 0 Å². The van der Waals surface area contributed by atoms with Gasteiger partial charge in [0, 0.05) is 18.9 Å². The minimum Gasteiger partial charge on any atom is -0.155 e. The van der Waals surface area contributed by atoms with Gasteiger partial charge in [0.2, 0.25) is 0 Å². The van der Waals surface area contributed by atoms with Gasteiger partial charge in [-0.25, -0.2) is 0 Å². The van der Waals surface area contributed by atoms with Crippen LogP contribution in [0.25, 0.3) is 0 Å². The number of halogens is 6. The molecule has 9 heavy (non-hydrogen) atoms. The van der Waals surface area contributed by atoms with Gasteiger partial charge in [-0.15, -0.1) is 31.5 Å². The molecule has 9 heteroatoms. The summed E-state index contributed by atoms with van der Waals surface area (Å²) in [5, 5.41) is 0. The fourth-order valence-electron chi connectivity index (χ4n) is 0. The molecule has 0 aliphatic heterocycles. The summed E-state index contributed by atoms with van der Waals surface area (Å²) >= 11 is 25.4. The normalized spacial score (nSPS) is 6.00. The van der Waals surface area contributed by atoms with E-state index in [1.807, 2.05) is 0 Å². The molecule has 0 bridgehead atoms. The summed E-state index contributed by atoms with van der Waals surface area (Å²) in [6, 6.07) is 0. The van der Waals surface area contributed by atoms with Crippen LogP contribution in [-0.2, 0) is 0 Å². The summed E-state index contributed by atoms with van der Waals surface area (Å²) in [5.41, 5.74) is 0. The summed E-state index contributed by atoms with van der Waals surface area (Å²) in [5.74, 6) is 0. The molecule has 0 nitrogen and oxygen atoms in total. The van der Waals surface area contributed by atoms with Crippen LogP contribution in [0.1, 0.15) is 0 Å². The molecule has 49 valence electrons. The van der Waals surface area contributed by atoms with Crippen LogP contribution in [0.15, 0.2) is 0 Å². The third-order valence-electron chi connectivity index (χ3n) is 0. The fourth-order valence-corrected chi connectivity index (χ4v) is 0. The Hall–Kier alpha value is 2.85. The number of hydrogen-bond donors (Lipinski definition) is 0. The Kier molecular flexibility index (Phi) is 26.6. The molecule has 0 aromatic rings. The van der Waals surface area contributed by atoms with E-state index in [1.165, 1.54) is 0 Å². The van der Waals surface area contributed by atoms with Crippen LogP contribution in [0.5, 0.6) is 0 Å². The Morgan fingerprint density at radius 2 is 0.778 bits per heavy atom. The molecular formula is B2Br2Cl4Li. The maximum atomic E-state index is 4.96. The number of hydrogen-bond acceptors (Lipinski definition) is 0. The third-order valence-corrected chi connectivity index (χ3v) is 0. The van der Waals surface area contributed by atoms with Gasteiger partial charge in [0.05, 0.1) is 0 Å². The Balaban J connectivity index is -0.0000000720. The molecule has 0 saturated heterocycles. The predicted molar refractivity (Wildman–Crippen MR) is 58.5 cm³/mol. The van der Waals surface area contributed by atoms with Crippen molar-refractivity contribution in [3.8, 4) is 0 Å². The molecule has 1 radical (unpaired) electrons. The van der Waals surface area contributed by atoms with E-state index in [-0.39, 0.29) is 18.9 Å². The first-order valence-corrected chi connectivity index (χ1v) is 4.89. The van der Waals surface area contributed by atoms with Gasteiger partial charge in [-0.05, 0) is 0 Å². The first kappa shape index (κ1) is 17.8. The van der Waals surface area contributed by atoms with Crippen molar-refractivity contribution >= 4 is 105 Å². The Labute approximate surface area is 104 Å². The minimum atomic E-state index is -0.410. The van der Waals surface area contributed by atoms with Gasteiger partial charge in [0.25, 0.3) is 0 Å². The molecule has 0 saturated carbocycles. The second-order valence-electron chi connectivity index (χ2n) is 0.495. The van der Waals surface area contributed by atoms with E-state index in [0.29, 0.717) is 0 Å². The van der Waals surface area contributed by atoms with E-state index in [0.717, 1.165) is 0 Å². The van der Waals surface area contributed by atoms with Gasteiger partial charge >= 0.3 is 8.74 Å². The monoisotopic (exact) mass is 327 g/mol.